The zero-order chi connectivity index (χ0) is 13.0. The predicted molar refractivity (Wildman–Crippen MR) is 60.5 cm³/mol. The van der Waals surface area contributed by atoms with Gasteiger partial charge >= 0.3 is 5.97 Å². The first-order valence-electron chi connectivity index (χ1n) is 5.32. The fraction of sp³-hybridized carbons (Fsp3) is 0.167. The second-order valence-electron chi connectivity index (χ2n) is 3.61. The maximum atomic E-state index is 11.4. The molecule has 0 aromatic carbocycles. The first kappa shape index (κ1) is 12.0. The standard InChI is InChI=1S/C12H10N2O4/c15-10-4-5-11(16)14(10)18-12(17)6-3-9-2-1-7-13-8-9/h1-3,6-8H,4-5H2. The van der Waals surface area contributed by atoms with Gasteiger partial charge in [-0.05, 0) is 17.7 Å². The van der Waals surface area contributed by atoms with Crippen molar-refractivity contribution >= 4 is 23.9 Å². The van der Waals surface area contributed by atoms with Crippen molar-refractivity contribution in [2.75, 3.05) is 0 Å². The zero-order valence-corrected chi connectivity index (χ0v) is 9.41. The molecule has 2 rings (SSSR count). The van der Waals surface area contributed by atoms with Crippen LogP contribution in [0.5, 0.6) is 0 Å². The van der Waals surface area contributed by atoms with Crippen molar-refractivity contribution in [1.29, 1.82) is 0 Å². The highest BCUT2D eigenvalue weighted by atomic mass is 16.7. The summed E-state index contributed by atoms with van der Waals surface area (Å²) >= 11 is 0. The van der Waals surface area contributed by atoms with Crippen LogP contribution in [0.3, 0.4) is 0 Å². The van der Waals surface area contributed by atoms with Crippen molar-refractivity contribution in [2.45, 2.75) is 12.8 Å². The van der Waals surface area contributed by atoms with Crippen LogP contribution in [0.2, 0.25) is 0 Å². The summed E-state index contributed by atoms with van der Waals surface area (Å²) in [6.45, 7) is 0. The van der Waals surface area contributed by atoms with Gasteiger partial charge in [-0.15, -0.1) is 5.06 Å². The highest BCUT2D eigenvalue weighted by molar-refractivity contribution is 6.02. The number of hydroxylamine groups is 2. The Kier molecular flexibility index (Phi) is 3.47. The van der Waals surface area contributed by atoms with E-state index in [0.29, 0.717) is 10.6 Å². The molecule has 0 N–H and O–H groups in total. The van der Waals surface area contributed by atoms with E-state index < -0.39 is 17.8 Å². The van der Waals surface area contributed by atoms with Crippen LogP contribution in [0.1, 0.15) is 18.4 Å². The third-order valence-electron chi connectivity index (χ3n) is 2.28. The van der Waals surface area contributed by atoms with Crippen molar-refractivity contribution < 1.29 is 19.2 Å². The highest BCUT2D eigenvalue weighted by Crippen LogP contribution is 2.12. The molecule has 1 saturated heterocycles. The van der Waals surface area contributed by atoms with Gasteiger partial charge in [0, 0.05) is 31.3 Å². The van der Waals surface area contributed by atoms with Crippen LogP contribution >= 0.6 is 0 Å². The summed E-state index contributed by atoms with van der Waals surface area (Å²) < 4.78 is 0. The fourth-order valence-electron chi connectivity index (χ4n) is 1.42. The quantitative estimate of drug-likeness (QED) is 0.579. The Labute approximate surface area is 103 Å². The SMILES string of the molecule is O=C(C=Cc1cccnc1)ON1C(=O)CCC1=O. The molecule has 0 atom stereocenters. The second kappa shape index (κ2) is 5.22. The van der Waals surface area contributed by atoms with Gasteiger partial charge in [0.15, 0.2) is 0 Å². The van der Waals surface area contributed by atoms with Crippen LogP contribution in [-0.4, -0.2) is 27.8 Å². The lowest BCUT2D eigenvalue weighted by molar-refractivity contribution is -0.193. The summed E-state index contributed by atoms with van der Waals surface area (Å²) in [6, 6.07) is 3.47. The predicted octanol–water partition coefficient (Wildman–Crippen LogP) is 0.702. The van der Waals surface area contributed by atoms with Gasteiger partial charge in [-0.25, -0.2) is 4.79 Å². The molecule has 2 amide bonds. The number of hydrogen-bond acceptors (Lipinski definition) is 5. The number of hydrogen-bond donors (Lipinski definition) is 0. The Morgan fingerprint density at radius 1 is 1.33 bits per heavy atom. The van der Waals surface area contributed by atoms with Gasteiger partial charge in [-0.2, -0.15) is 0 Å². The van der Waals surface area contributed by atoms with E-state index in [4.69, 9.17) is 0 Å². The Morgan fingerprint density at radius 3 is 2.67 bits per heavy atom. The van der Waals surface area contributed by atoms with E-state index in [2.05, 4.69) is 9.82 Å². The Bertz CT molecular complexity index is 494. The largest absolute Gasteiger partial charge is 0.356 e. The lowest BCUT2D eigenvalue weighted by atomic mass is 10.3. The van der Waals surface area contributed by atoms with Gasteiger partial charge in [0.25, 0.3) is 11.8 Å². The van der Waals surface area contributed by atoms with Crippen LogP contribution in [0.4, 0.5) is 0 Å². The maximum Gasteiger partial charge on any atom is 0.356 e. The van der Waals surface area contributed by atoms with E-state index in [1.165, 1.54) is 6.08 Å². The minimum absolute atomic E-state index is 0.0818. The van der Waals surface area contributed by atoms with Crippen LogP contribution < -0.4 is 0 Å². The minimum Gasteiger partial charge on any atom is -0.326 e. The summed E-state index contributed by atoms with van der Waals surface area (Å²) in [5.74, 6) is -1.77. The molecule has 0 radical (unpaired) electrons. The lowest BCUT2D eigenvalue weighted by Crippen LogP contribution is -2.31. The van der Waals surface area contributed by atoms with Gasteiger partial charge in [0.05, 0.1) is 0 Å². The smallest absolute Gasteiger partial charge is 0.326 e. The van der Waals surface area contributed by atoms with Crippen LogP contribution in [-0.2, 0) is 19.2 Å². The first-order chi connectivity index (χ1) is 8.66. The summed E-state index contributed by atoms with van der Waals surface area (Å²) in [5.41, 5.74) is 0.716. The Hall–Kier alpha value is -2.50. The van der Waals surface area contributed by atoms with Crippen molar-refractivity contribution in [1.82, 2.24) is 10.0 Å². The van der Waals surface area contributed by atoms with Crippen molar-refractivity contribution in [2.24, 2.45) is 0 Å². The Balaban J connectivity index is 1.95. The van der Waals surface area contributed by atoms with Gasteiger partial charge < -0.3 is 4.84 Å². The van der Waals surface area contributed by atoms with E-state index in [0.717, 1.165) is 6.08 Å². The number of amides is 2. The summed E-state index contributed by atoms with van der Waals surface area (Å²) in [7, 11) is 0. The van der Waals surface area contributed by atoms with Gasteiger partial charge in [0.1, 0.15) is 0 Å². The molecule has 0 bridgehead atoms. The molecule has 1 aliphatic heterocycles. The van der Waals surface area contributed by atoms with Crippen LogP contribution in [0, 0.1) is 0 Å². The molecule has 6 heteroatoms. The molecular formula is C12H10N2O4. The molecule has 1 aliphatic rings. The molecule has 0 spiro atoms. The van der Waals surface area contributed by atoms with Crippen molar-refractivity contribution in [3.05, 3.63) is 36.2 Å². The molecular weight excluding hydrogens is 236 g/mol. The summed E-state index contributed by atoms with van der Waals surface area (Å²) in [5, 5.41) is 0.510. The number of pyridine rings is 1. The molecule has 92 valence electrons. The lowest BCUT2D eigenvalue weighted by Gasteiger charge is -2.10. The monoisotopic (exact) mass is 246 g/mol. The average Bonchev–Trinajstić information content (AvgIpc) is 2.69. The van der Waals surface area contributed by atoms with E-state index in [9.17, 15) is 14.4 Å². The molecule has 2 heterocycles. The minimum atomic E-state index is -0.776. The van der Waals surface area contributed by atoms with E-state index in [1.54, 1.807) is 24.5 Å². The van der Waals surface area contributed by atoms with Gasteiger partial charge in [0.2, 0.25) is 0 Å². The first-order valence-corrected chi connectivity index (χ1v) is 5.32. The second-order valence-corrected chi connectivity index (χ2v) is 3.61. The third-order valence-corrected chi connectivity index (χ3v) is 2.28. The molecule has 0 unspecified atom stereocenters. The molecule has 1 aromatic heterocycles. The maximum absolute atomic E-state index is 11.4. The molecule has 0 aliphatic carbocycles. The molecule has 1 fully saturated rings. The van der Waals surface area contributed by atoms with Crippen molar-refractivity contribution in [3.63, 3.8) is 0 Å². The van der Waals surface area contributed by atoms with E-state index in [1.807, 2.05) is 0 Å². The zero-order valence-electron chi connectivity index (χ0n) is 9.41. The third kappa shape index (κ3) is 2.79. The number of imide groups is 1. The summed E-state index contributed by atoms with van der Waals surface area (Å²) in [6.07, 6.45) is 5.96. The molecule has 18 heavy (non-hydrogen) atoms. The van der Waals surface area contributed by atoms with E-state index in [-0.39, 0.29) is 12.8 Å². The van der Waals surface area contributed by atoms with Crippen molar-refractivity contribution in [3.8, 4) is 0 Å². The number of carbonyl (C=O) groups excluding carboxylic acids is 3. The van der Waals surface area contributed by atoms with E-state index >= 15 is 0 Å². The molecule has 0 saturated carbocycles. The van der Waals surface area contributed by atoms with Gasteiger partial charge in [-0.3, -0.25) is 14.6 Å². The van der Waals surface area contributed by atoms with Crippen LogP contribution in [0.25, 0.3) is 6.08 Å². The van der Waals surface area contributed by atoms with Gasteiger partial charge in [-0.1, -0.05) is 6.07 Å². The average molecular weight is 246 g/mol. The number of aromatic nitrogens is 1. The van der Waals surface area contributed by atoms with Crippen LogP contribution in [0.15, 0.2) is 30.6 Å². The number of carbonyl (C=O) groups is 3. The number of nitrogens with zero attached hydrogens (tertiary/aromatic N) is 2. The molecule has 6 nitrogen and oxygen atoms in total. The summed E-state index contributed by atoms with van der Waals surface area (Å²) in [4.78, 5) is 42.3. The molecule has 1 aromatic rings. The fourth-order valence-corrected chi connectivity index (χ4v) is 1.42. The highest BCUT2D eigenvalue weighted by Gasteiger charge is 2.32. The number of rotatable bonds is 3. The Morgan fingerprint density at radius 2 is 2.06 bits per heavy atom. The topological polar surface area (TPSA) is 76.6 Å². The normalized spacial score (nSPS) is 15.4.